The number of nitrogens with one attached hydrogen (secondary N) is 1. The fourth-order valence-electron chi connectivity index (χ4n) is 1.57. The second kappa shape index (κ2) is 6.86. The predicted octanol–water partition coefficient (Wildman–Crippen LogP) is 2.62. The SMILES string of the molecule is C=CCNC(=O)CCc1nc(-c2ccc(Cl)cc2)no1. The molecule has 6 heteroatoms. The molecule has 0 saturated carbocycles. The molecule has 1 N–H and O–H groups in total. The van der Waals surface area contributed by atoms with E-state index in [-0.39, 0.29) is 5.91 Å². The van der Waals surface area contributed by atoms with Gasteiger partial charge in [0, 0.05) is 30.0 Å². The Labute approximate surface area is 121 Å². The number of rotatable bonds is 6. The number of aryl methyl sites for hydroxylation is 1. The third-order valence-electron chi connectivity index (χ3n) is 2.58. The van der Waals surface area contributed by atoms with Gasteiger partial charge in [-0.1, -0.05) is 22.8 Å². The highest BCUT2D eigenvalue weighted by atomic mass is 35.5. The Bertz CT molecular complexity index is 593. The Morgan fingerprint density at radius 2 is 2.15 bits per heavy atom. The normalized spacial score (nSPS) is 10.2. The maximum atomic E-state index is 11.4. The fourth-order valence-corrected chi connectivity index (χ4v) is 1.69. The van der Waals surface area contributed by atoms with Crippen molar-refractivity contribution in [1.29, 1.82) is 0 Å². The molecule has 1 amide bonds. The molecule has 1 aromatic heterocycles. The average molecular weight is 292 g/mol. The van der Waals surface area contributed by atoms with Crippen molar-refractivity contribution in [3.05, 3.63) is 47.8 Å². The van der Waals surface area contributed by atoms with Gasteiger partial charge < -0.3 is 9.84 Å². The molecule has 0 aliphatic rings. The minimum absolute atomic E-state index is 0.0730. The molecular weight excluding hydrogens is 278 g/mol. The number of halogens is 1. The van der Waals surface area contributed by atoms with Crippen molar-refractivity contribution in [2.45, 2.75) is 12.8 Å². The molecule has 2 rings (SSSR count). The third-order valence-corrected chi connectivity index (χ3v) is 2.83. The van der Waals surface area contributed by atoms with E-state index in [4.69, 9.17) is 16.1 Å². The van der Waals surface area contributed by atoms with Crippen LogP contribution in [0.1, 0.15) is 12.3 Å². The summed E-state index contributed by atoms with van der Waals surface area (Å²) in [6.45, 7) is 3.99. The quantitative estimate of drug-likeness (QED) is 0.831. The van der Waals surface area contributed by atoms with Crippen molar-refractivity contribution in [3.8, 4) is 11.4 Å². The predicted molar refractivity (Wildman–Crippen MR) is 76.3 cm³/mol. The van der Waals surface area contributed by atoms with E-state index in [0.717, 1.165) is 5.56 Å². The van der Waals surface area contributed by atoms with Crippen molar-refractivity contribution < 1.29 is 9.32 Å². The van der Waals surface area contributed by atoms with Gasteiger partial charge in [-0.25, -0.2) is 0 Å². The Morgan fingerprint density at radius 3 is 2.85 bits per heavy atom. The van der Waals surface area contributed by atoms with E-state index >= 15 is 0 Å². The van der Waals surface area contributed by atoms with Crippen LogP contribution in [-0.2, 0) is 11.2 Å². The highest BCUT2D eigenvalue weighted by Gasteiger charge is 2.10. The minimum Gasteiger partial charge on any atom is -0.353 e. The highest BCUT2D eigenvalue weighted by molar-refractivity contribution is 6.30. The van der Waals surface area contributed by atoms with Gasteiger partial charge in [0.15, 0.2) is 0 Å². The van der Waals surface area contributed by atoms with Crippen LogP contribution in [-0.4, -0.2) is 22.6 Å². The Morgan fingerprint density at radius 1 is 1.40 bits per heavy atom. The molecule has 104 valence electrons. The molecule has 0 spiro atoms. The Balaban J connectivity index is 1.94. The van der Waals surface area contributed by atoms with Crippen molar-refractivity contribution in [1.82, 2.24) is 15.5 Å². The zero-order valence-corrected chi connectivity index (χ0v) is 11.6. The second-order valence-electron chi connectivity index (χ2n) is 4.11. The summed E-state index contributed by atoms with van der Waals surface area (Å²) in [5.74, 6) is 0.850. The largest absolute Gasteiger partial charge is 0.353 e. The van der Waals surface area contributed by atoms with Crippen LogP contribution in [0.3, 0.4) is 0 Å². The summed E-state index contributed by atoms with van der Waals surface area (Å²) >= 11 is 5.81. The number of hydrogen-bond donors (Lipinski definition) is 1. The van der Waals surface area contributed by atoms with Gasteiger partial charge in [0.05, 0.1) is 0 Å². The Hall–Kier alpha value is -2.14. The van der Waals surface area contributed by atoms with Crippen LogP contribution in [0.15, 0.2) is 41.4 Å². The van der Waals surface area contributed by atoms with E-state index in [9.17, 15) is 4.79 Å². The molecule has 0 fully saturated rings. The van der Waals surface area contributed by atoms with E-state index in [1.807, 2.05) is 12.1 Å². The first-order chi connectivity index (χ1) is 9.69. The second-order valence-corrected chi connectivity index (χ2v) is 4.55. The van der Waals surface area contributed by atoms with Crippen LogP contribution in [0.25, 0.3) is 11.4 Å². The monoisotopic (exact) mass is 291 g/mol. The van der Waals surface area contributed by atoms with Gasteiger partial charge >= 0.3 is 0 Å². The summed E-state index contributed by atoms with van der Waals surface area (Å²) < 4.78 is 5.11. The molecule has 0 bridgehead atoms. The van der Waals surface area contributed by atoms with Crippen LogP contribution < -0.4 is 5.32 Å². The summed E-state index contributed by atoms with van der Waals surface area (Å²) in [5, 5.41) is 7.21. The van der Waals surface area contributed by atoms with E-state index in [1.54, 1.807) is 18.2 Å². The number of amides is 1. The topological polar surface area (TPSA) is 68.0 Å². The van der Waals surface area contributed by atoms with Crippen molar-refractivity contribution in [2.75, 3.05) is 6.54 Å². The number of nitrogens with zero attached hydrogens (tertiary/aromatic N) is 2. The standard InChI is InChI=1S/C14H14ClN3O2/c1-2-9-16-12(19)7-8-13-17-14(18-20-13)10-3-5-11(15)6-4-10/h2-6H,1,7-9H2,(H,16,19). The minimum atomic E-state index is -0.0730. The van der Waals surface area contributed by atoms with Gasteiger partial charge in [0.1, 0.15) is 0 Å². The van der Waals surface area contributed by atoms with Crippen LogP contribution in [0.5, 0.6) is 0 Å². The average Bonchev–Trinajstić information content (AvgIpc) is 2.92. The lowest BCUT2D eigenvalue weighted by molar-refractivity contribution is -0.120. The van der Waals surface area contributed by atoms with Gasteiger partial charge in [-0.3, -0.25) is 4.79 Å². The van der Waals surface area contributed by atoms with E-state index in [2.05, 4.69) is 22.0 Å². The zero-order valence-electron chi connectivity index (χ0n) is 10.8. The number of aromatic nitrogens is 2. The van der Waals surface area contributed by atoms with Crippen LogP contribution in [0.4, 0.5) is 0 Å². The summed E-state index contributed by atoms with van der Waals surface area (Å²) in [4.78, 5) is 15.7. The first-order valence-corrected chi connectivity index (χ1v) is 6.53. The molecule has 0 aliphatic heterocycles. The van der Waals surface area contributed by atoms with Gasteiger partial charge in [-0.15, -0.1) is 6.58 Å². The summed E-state index contributed by atoms with van der Waals surface area (Å²) in [6, 6.07) is 7.15. The lowest BCUT2D eigenvalue weighted by Crippen LogP contribution is -2.23. The molecule has 0 saturated heterocycles. The molecule has 0 unspecified atom stereocenters. The van der Waals surface area contributed by atoms with Gasteiger partial charge in [-0.05, 0) is 24.3 Å². The molecule has 1 aromatic carbocycles. The molecule has 0 radical (unpaired) electrons. The zero-order chi connectivity index (χ0) is 14.4. The van der Waals surface area contributed by atoms with Crippen LogP contribution in [0, 0.1) is 0 Å². The van der Waals surface area contributed by atoms with Crippen molar-refractivity contribution in [3.63, 3.8) is 0 Å². The molecule has 2 aromatic rings. The molecule has 0 aliphatic carbocycles. The number of benzene rings is 1. The van der Waals surface area contributed by atoms with Crippen molar-refractivity contribution >= 4 is 17.5 Å². The number of carbonyl (C=O) groups excluding carboxylic acids is 1. The molecule has 0 atom stereocenters. The molecule has 5 nitrogen and oxygen atoms in total. The summed E-state index contributed by atoms with van der Waals surface area (Å²) in [7, 11) is 0. The van der Waals surface area contributed by atoms with Crippen LogP contribution in [0.2, 0.25) is 5.02 Å². The summed E-state index contributed by atoms with van der Waals surface area (Å²) in [6.07, 6.45) is 2.34. The van der Waals surface area contributed by atoms with Gasteiger partial charge in [0.25, 0.3) is 0 Å². The lowest BCUT2D eigenvalue weighted by atomic mass is 10.2. The molecular formula is C14H14ClN3O2. The first-order valence-electron chi connectivity index (χ1n) is 6.15. The first kappa shape index (κ1) is 14.3. The van der Waals surface area contributed by atoms with Crippen LogP contribution >= 0.6 is 11.6 Å². The van der Waals surface area contributed by atoms with Gasteiger partial charge in [0.2, 0.25) is 17.6 Å². The number of hydrogen-bond acceptors (Lipinski definition) is 4. The third kappa shape index (κ3) is 3.93. The summed E-state index contributed by atoms with van der Waals surface area (Å²) in [5.41, 5.74) is 0.820. The highest BCUT2D eigenvalue weighted by Crippen LogP contribution is 2.18. The molecule has 1 heterocycles. The molecule has 20 heavy (non-hydrogen) atoms. The smallest absolute Gasteiger partial charge is 0.227 e. The fraction of sp³-hybridized carbons (Fsp3) is 0.214. The maximum Gasteiger partial charge on any atom is 0.227 e. The van der Waals surface area contributed by atoms with E-state index in [0.29, 0.717) is 36.1 Å². The lowest BCUT2D eigenvalue weighted by Gasteiger charge is -1.98. The van der Waals surface area contributed by atoms with E-state index < -0.39 is 0 Å². The van der Waals surface area contributed by atoms with Crippen molar-refractivity contribution in [2.24, 2.45) is 0 Å². The Kier molecular flexibility index (Phi) is 4.90. The number of carbonyl (C=O) groups is 1. The van der Waals surface area contributed by atoms with Gasteiger partial charge in [-0.2, -0.15) is 4.98 Å². The van der Waals surface area contributed by atoms with E-state index in [1.165, 1.54) is 0 Å². The maximum absolute atomic E-state index is 11.4.